The summed E-state index contributed by atoms with van der Waals surface area (Å²) in [6.45, 7) is -1.50. The number of carboxylic acid groups (broad SMARTS) is 1. The Morgan fingerprint density at radius 3 is 2.24 bits per heavy atom. The van der Waals surface area contributed by atoms with Crippen molar-refractivity contribution in [1.82, 2.24) is 25.6 Å². The van der Waals surface area contributed by atoms with Crippen LogP contribution in [0.25, 0.3) is 11.1 Å². The van der Waals surface area contributed by atoms with Crippen LogP contribution < -0.4 is 15.7 Å². The van der Waals surface area contributed by atoms with E-state index in [-0.39, 0.29) is 18.6 Å². The van der Waals surface area contributed by atoms with E-state index in [2.05, 4.69) is 20.9 Å². The number of aromatic nitrogens is 3. The summed E-state index contributed by atoms with van der Waals surface area (Å²) in [6, 6.07) is 21.4. The van der Waals surface area contributed by atoms with Crippen molar-refractivity contribution in [2.75, 3.05) is 13.2 Å². The highest BCUT2D eigenvalue weighted by atomic mass is 16.6. The molecule has 0 radical (unpaired) electrons. The van der Waals surface area contributed by atoms with Crippen molar-refractivity contribution in [3.05, 3.63) is 102 Å². The molecule has 2 amide bonds. The molecule has 3 aromatic carbocycles. The van der Waals surface area contributed by atoms with E-state index in [0.29, 0.717) is 11.3 Å². The maximum atomic E-state index is 12.7. The number of amides is 2. The molecule has 2 heterocycles. The average molecular weight is 675 g/mol. The zero-order valence-electron chi connectivity index (χ0n) is 26.1. The van der Waals surface area contributed by atoms with Gasteiger partial charge in [0.05, 0.1) is 42.5 Å². The fourth-order valence-corrected chi connectivity index (χ4v) is 5.68. The second kappa shape index (κ2) is 15.4. The highest BCUT2D eigenvalue weighted by Crippen LogP contribution is 2.35. The number of benzene rings is 3. The number of phenolic OH excluding ortho intramolecular Hbond substituents is 1. The van der Waals surface area contributed by atoms with E-state index >= 15 is 0 Å². The predicted octanol–water partition coefficient (Wildman–Crippen LogP) is -1.65. The lowest BCUT2D eigenvalue weighted by Crippen LogP contribution is -2.69. The first-order chi connectivity index (χ1) is 23.5. The highest BCUT2D eigenvalue weighted by Gasteiger charge is 2.53. The number of hydrogen-bond donors (Lipinski definition) is 7. The minimum atomic E-state index is -2.53. The Labute approximate surface area is 280 Å². The second-order valence-corrected chi connectivity index (χ2v) is 11.8. The molecule has 0 unspecified atom stereocenters. The first-order valence-corrected chi connectivity index (χ1v) is 15.4. The molecule has 6 atom stereocenters. The van der Waals surface area contributed by atoms with E-state index in [1.165, 1.54) is 6.20 Å². The van der Waals surface area contributed by atoms with Crippen LogP contribution in [0.5, 0.6) is 5.75 Å². The molecule has 0 spiro atoms. The number of aliphatic hydroxyl groups is 4. The Morgan fingerprint density at radius 1 is 0.959 bits per heavy atom. The van der Waals surface area contributed by atoms with Crippen LogP contribution in [0.1, 0.15) is 23.2 Å². The van der Waals surface area contributed by atoms with E-state index < -0.39 is 73.5 Å². The molecule has 4 aromatic rings. The van der Waals surface area contributed by atoms with Crippen molar-refractivity contribution >= 4 is 17.8 Å². The Kier molecular flexibility index (Phi) is 11.0. The van der Waals surface area contributed by atoms with Gasteiger partial charge in [-0.3, -0.25) is 9.59 Å². The first-order valence-electron chi connectivity index (χ1n) is 15.4. The third-order valence-electron chi connectivity index (χ3n) is 8.27. The summed E-state index contributed by atoms with van der Waals surface area (Å²) in [6.07, 6.45) is -6.44. The third kappa shape index (κ3) is 8.28. The van der Waals surface area contributed by atoms with Crippen LogP contribution in [-0.2, 0) is 37.7 Å². The van der Waals surface area contributed by atoms with Gasteiger partial charge < -0.3 is 50.8 Å². The van der Waals surface area contributed by atoms with Gasteiger partial charge in [-0.25, -0.2) is 4.68 Å². The fraction of sp³-hybridized carbons (Fsp3) is 0.324. The van der Waals surface area contributed by atoms with E-state index in [1.54, 1.807) is 36.4 Å². The van der Waals surface area contributed by atoms with Gasteiger partial charge in [0, 0.05) is 19.4 Å². The van der Waals surface area contributed by atoms with Gasteiger partial charge in [-0.2, -0.15) is 0 Å². The second-order valence-electron chi connectivity index (χ2n) is 11.8. The smallest absolute Gasteiger partial charge is 0.246 e. The molecule has 0 saturated carbocycles. The van der Waals surface area contributed by atoms with Crippen LogP contribution in [0.4, 0.5) is 0 Å². The molecule has 1 aliphatic rings. The normalized spacial score (nSPS) is 21.8. The summed E-state index contributed by atoms with van der Waals surface area (Å²) < 4.78 is 6.70. The van der Waals surface area contributed by atoms with Crippen LogP contribution >= 0.6 is 0 Å². The number of aromatic hydroxyl groups is 1. The van der Waals surface area contributed by atoms with Gasteiger partial charge in [-0.1, -0.05) is 71.9 Å². The van der Waals surface area contributed by atoms with Crippen molar-refractivity contribution in [1.29, 1.82) is 0 Å². The van der Waals surface area contributed by atoms with Crippen molar-refractivity contribution in [3.8, 4) is 16.9 Å². The molecule has 15 nitrogen and oxygen atoms in total. The number of carbonyl (C=O) groups is 3. The molecule has 1 aliphatic heterocycles. The van der Waals surface area contributed by atoms with Gasteiger partial charge in [0.2, 0.25) is 17.5 Å². The molecule has 0 bridgehead atoms. The van der Waals surface area contributed by atoms with Gasteiger partial charge >= 0.3 is 0 Å². The minimum absolute atomic E-state index is 0.0715. The SMILES string of the molecule is O=C(Cc1ccc(-c2ccc(O)cc2)cc1)NC[C@@H](O)[C@@H](O)[C@@H]1O[C@](C(=O)[O-])(n2cc(Cc3ccccc3)nn2)C[C@H](O)[C@H]1NC(=O)CO. The third-order valence-corrected chi connectivity index (χ3v) is 8.27. The Hall–Kier alpha value is -5.19. The van der Waals surface area contributed by atoms with Gasteiger partial charge in [0.1, 0.15) is 24.6 Å². The lowest BCUT2D eigenvalue weighted by Gasteiger charge is -2.49. The van der Waals surface area contributed by atoms with E-state index in [9.17, 15) is 45.0 Å². The maximum absolute atomic E-state index is 12.7. The fourth-order valence-electron chi connectivity index (χ4n) is 5.68. The molecule has 0 aliphatic carbocycles. The highest BCUT2D eigenvalue weighted by molar-refractivity contribution is 5.79. The topological polar surface area (TPSA) is 239 Å². The average Bonchev–Trinajstić information content (AvgIpc) is 3.57. The van der Waals surface area contributed by atoms with E-state index in [1.807, 2.05) is 42.5 Å². The molecule has 49 heavy (non-hydrogen) atoms. The number of rotatable bonds is 13. The summed E-state index contributed by atoms with van der Waals surface area (Å²) >= 11 is 0. The lowest BCUT2D eigenvalue weighted by atomic mass is 9.87. The largest absolute Gasteiger partial charge is 0.545 e. The van der Waals surface area contributed by atoms with Crippen LogP contribution in [0, 0.1) is 0 Å². The Balaban J connectivity index is 1.28. The van der Waals surface area contributed by atoms with Crippen LogP contribution in [0.3, 0.4) is 0 Å². The number of carbonyl (C=O) groups excluding carboxylic acids is 3. The Morgan fingerprint density at radius 2 is 1.61 bits per heavy atom. The van der Waals surface area contributed by atoms with Gasteiger partial charge in [0.15, 0.2) is 0 Å². The number of carboxylic acids is 1. The first kappa shape index (κ1) is 35.1. The summed E-state index contributed by atoms with van der Waals surface area (Å²) in [7, 11) is 0. The standard InChI is InChI=1S/C34H37N5O10/c40-19-29(45)36-30-26(42)16-34(33(47)48,39-18-24(37-38-39)14-20-4-2-1-3-5-20)49-32(30)31(46)27(43)17-35-28(44)15-21-6-8-22(9-7-21)23-10-12-25(41)13-11-23/h1-13,18,26-27,30-32,40-43,46H,14-17,19H2,(H,35,44)(H,36,45)(H,47,48)/p-1/t26-,27+,30+,31+,32+,34+/m0/s1. The zero-order valence-corrected chi connectivity index (χ0v) is 26.1. The predicted molar refractivity (Wildman–Crippen MR) is 169 cm³/mol. The number of phenols is 1. The molecule has 1 fully saturated rings. The van der Waals surface area contributed by atoms with Crippen molar-refractivity contribution < 1.29 is 49.8 Å². The molecule has 1 aromatic heterocycles. The van der Waals surface area contributed by atoms with Gasteiger partial charge in [-0.15, -0.1) is 5.10 Å². The summed E-state index contributed by atoms with van der Waals surface area (Å²) in [5.41, 5.74) is 1.08. The number of hydrogen-bond acceptors (Lipinski definition) is 12. The number of aliphatic carboxylic acids is 1. The zero-order chi connectivity index (χ0) is 35.1. The molecular formula is C34H36N5O10-. The number of nitrogens with zero attached hydrogens (tertiary/aromatic N) is 3. The van der Waals surface area contributed by atoms with Crippen LogP contribution in [0.2, 0.25) is 0 Å². The monoisotopic (exact) mass is 674 g/mol. The van der Waals surface area contributed by atoms with E-state index in [0.717, 1.165) is 21.4 Å². The number of aliphatic hydroxyl groups excluding tert-OH is 4. The van der Waals surface area contributed by atoms with Crippen molar-refractivity contribution in [2.24, 2.45) is 0 Å². The summed E-state index contributed by atoms with van der Waals surface area (Å²) in [5, 5.41) is 77.4. The van der Waals surface area contributed by atoms with Gasteiger partial charge in [-0.05, 0) is 34.4 Å². The summed E-state index contributed by atoms with van der Waals surface area (Å²) in [4.78, 5) is 37.5. The quantitative estimate of drug-likeness (QED) is 0.0845. The molecular weight excluding hydrogens is 638 g/mol. The van der Waals surface area contributed by atoms with E-state index in [4.69, 9.17) is 4.74 Å². The molecule has 1 saturated heterocycles. The van der Waals surface area contributed by atoms with Crippen molar-refractivity contribution in [3.63, 3.8) is 0 Å². The summed E-state index contributed by atoms with van der Waals surface area (Å²) in [5.74, 6) is -3.17. The van der Waals surface area contributed by atoms with Crippen LogP contribution in [0.15, 0.2) is 85.1 Å². The number of ether oxygens (including phenoxy) is 1. The van der Waals surface area contributed by atoms with Gasteiger partial charge in [0.25, 0.3) is 0 Å². The molecule has 258 valence electrons. The number of nitrogens with one attached hydrogen (secondary N) is 2. The minimum Gasteiger partial charge on any atom is -0.545 e. The van der Waals surface area contributed by atoms with Crippen LogP contribution in [-0.4, -0.2) is 102 Å². The molecule has 7 N–H and O–H groups in total. The molecule has 5 rings (SSSR count). The Bertz CT molecular complexity index is 1730. The lowest BCUT2D eigenvalue weighted by molar-refractivity contribution is -0.355. The van der Waals surface area contributed by atoms with Crippen molar-refractivity contribution in [2.45, 2.75) is 55.4 Å². The maximum Gasteiger partial charge on any atom is 0.246 e. The molecule has 15 heteroatoms.